The minimum atomic E-state index is -2.25. The highest BCUT2D eigenvalue weighted by molar-refractivity contribution is 7.99. The summed E-state index contributed by atoms with van der Waals surface area (Å²) < 4.78 is 16.9. The van der Waals surface area contributed by atoms with Crippen LogP contribution in [0.5, 0.6) is 0 Å². The van der Waals surface area contributed by atoms with Gasteiger partial charge in [0.2, 0.25) is 0 Å². The molecule has 33 heavy (non-hydrogen) atoms. The van der Waals surface area contributed by atoms with Crippen LogP contribution in [-0.2, 0) is 23.9 Å². The molecule has 0 aromatic rings. The number of carboxylic acids is 1. The summed E-state index contributed by atoms with van der Waals surface area (Å²) >= 11 is 1.88. The zero-order valence-corrected chi connectivity index (χ0v) is 23.4. The third kappa shape index (κ3) is 16.2. The van der Waals surface area contributed by atoms with E-state index in [1.165, 1.54) is 77.0 Å². The fourth-order valence-corrected chi connectivity index (χ4v) is 5.19. The number of carbonyl (C=O) groups is 1. The Kier molecular flexibility index (Phi) is 22.1. The minimum absolute atomic E-state index is 0.132. The fraction of sp³-hybridized carbons (Fsp3) is 0.960. The van der Waals surface area contributed by atoms with E-state index in [9.17, 15) is 14.5 Å². The lowest BCUT2D eigenvalue weighted by Gasteiger charge is -2.25. The molecule has 0 aliphatic carbocycles. The molecule has 0 rings (SSSR count). The van der Waals surface area contributed by atoms with Crippen LogP contribution in [0.3, 0.4) is 0 Å². The molecule has 0 saturated carbocycles. The maximum Gasteiger partial charge on any atom is 0.497 e. The highest BCUT2D eigenvalue weighted by Gasteiger charge is 2.54. The van der Waals surface area contributed by atoms with Crippen LogP contribution < -0.4 is 0 Å². The minimum Gasteiger partial charge on any atom is -0.474 e. The van der Waals surface area contributed by atoms with Gasteiger partial charge in [-0.05, 0) is 31.9 Å². The molecular formula is C25H50O6PS+. The zero-order chi connectivity index (χ0) is 24.8. The molecule has 8 heteroatoms. The van der Waals surface area contributed by atoms with E-state index in [1.54, 1.807) is 0 Å². The Hall–Kier alpha value is -0.200. The van der Waals surface area contributed by atoms with Gasteiger partial charge < -0.3 is 5.11 Å². The van der Waals surface area contributed by atoms with Crippen LogP contribution in [0.15, 0.2) is 0 Å². The number of carboxylic acid groups (broad SMARTS) is 1. The zero-order valence-electron chi connectivity index (χ0n) is 21.6. The first kappa shape index (κ1) is 32.8. The second kappa shape index (κ2) is 22.3. The molecule has 0 amide bonds. The van der Waals surface area contributed by atoms with Gasteiger partial charge in [0.1, 0.15) is 6.10 Å². The number of rotatable bonds is 25. The van der Waals surface area contributed by atoms with Gasteiger partial charge in [-0.25, -0.2) is 9.68 Å². The SMILES string of the molecule is CCCCCCCCCCSC(CCCCCCC)C(C)OOC(OCCC)([PH+]=O)C(=O)O. The smallest absolute Gasteiger partial charge is 0.474 e. The van der Waals surface area contributed by atoms with E-state index in [0.717, 1.165) is 18.6 Å². The van der Waals surface area contributed by atoms with E-state index in [2.05, 4.69) is 13.8 Å². The second-order valence-corrected chi connectivity index (χ2v) is 11.1. The van der Waals surface area contributed by atoms with E-state index in [0.29, 0.717) is 6.42 Å². The van der Waals surface area contributed by atoms with E-state index < -0.39 is 20.0 Å². The number of hydrogen-bond donors (Lipinski definition) is 1. The monoisotopic (exact) mass is 509 g/mol. The Morgan fingerprint density at radius 3 is 1.94 bits per heavy atom. The average molecular weight is 510 g/mol. The van der Waals surface area contributed by atoms with Gasteiger partial charge in [-0.15, -0.1) is 4.89 Å². The normalized spacial score (nSPS) is 15.4. The van der Waals surface area contributed by atoms with Crippen molar-refractivity contribution in [3.63, 3.8) is 0 Å². The molecule has 0 spiro atoms. The van der Waals surface area contributed by atoms with Crippen LogP contribution in [0, 0.1) is 0 Å². The maximum absolute atomic E-state index is 11.6. The summed E-state index contributed by atoms with van der Waals surface area (Å²) in [6.45, 7) is 8.33. The van der Waals surface area contributed by atoms with Crippen LogP contribution in [-0.4, -0.2) is 40.3 Å². The topological polar surface area (TPSA) is 82.1 Å². The van der Waals surface area contributed by atoms with Crippen molar-refractivity contribution in [3.8, 4) is 0 Å². The van der Waals surface area contributed by atoms with Crippen LogP contribution in [0.4, 0.5) is 0 Å². The molecule has 4 unspecified atom stereocenters. The lowest BCUT2D eigenvalue weighted by atomic mass is 10.1. The standard InChI is InChI=1S/C25H49O6PS/c1-5-8-10-12-13-14-16-18-21-33-23(19-17-15-11-9-6-2)22(4)30-31-25(32-28,24(26)27)29-20-7-3/h22-23H,5-21H2,1-4H3,(H,26,27)/p+1. The van der Waals surface area contributed by atoms with Crippen LogP contribution in [0.2, 0.25) is 0 Å². The average Bonchev–Trinajstić information content (AvgIpc) is 2.81. The van der Waals surface area contributed by atoms with Crippen molar-refractivity contribution < 1.29 is 29.0 Å². The summed E-state index contributed by atoms with van der Waals surface area (Å²) in [6, 6.07) is 0. The molecule has 0 radical (unpaired) electrons. The fourth-order valence-electron chi connectivity index (χ4n) is 3.54. The summed E-state index contributed by atoms with van der Waals surface area (Å²) in [5.74, 6) is -0.374. The first-order valence-corrected chi connectivity index (χ1v) is 15.2. The third-order valence-corrected chi connectivity index (χ3v) is 7.97. The second-order valence-electron chi connectivity index (χ2n) is 8.84. The van der Waals surface area contributed by atoms with Crippen molar-refractivity contribution in [1.29, 1.82) is 0 Å². The third-order valence-electron chi connectivity index (χ3n) is 5.69. The molecule has 0 bridgehead atoms. The van der Waals surface area contributed by atoms with Gasteiger partial charge >= 0.3 is 20.0 Å². The van der Waals surface area contributed by atoms with Gasteiger partial charge in [0.05, 0.1) is 6.61 Å². The molecule has 0 aromatic carbocycles. The molecule has 0 fully saturated rings. The van der Waals surface area contributed by atoms with E-state index in [1.807, 2.05) is 25.6 Å². The van der Waals surface area contributed by atoms with Crippen molar-refractivity contribution in [2.24, 2.45) is 0 Å². The predicted octanol–water partition coefficient (Wildman–Crippen LogP) is 8.12. The van der Waals surface area contributed by atoms with Crippen molar-refractivity contribution in [1.82, 2.24) is 0 Å². The Morgan fingerprint density at radius 1 is 0.879 bits per heavy atom. The summed E-state index contributed by atoms with van der Waals surface area (Å²) in [4.78, 5) is 22.3. The Morgan fingerprint density at radius 2 is 1.42 bits per heavy atom. The lowest BCUT2D eigenvalue weighted by Crippen LogP contribution is -2.41. The van der Waals surface area contributed by atoms with Crippen LogP contribution in [0.25, 0.3) is 0 Å². The first-order valence-electron chi connectivity index (χ1n) is 13.2. The van der Waals surface area contributed by atoms with Gasteiger partial charge in [-0.3, -0.25) is 4.74 Å². The summed E-state index contributed by atoms with van der Waals surface area (Å²) in [5.41, 5.74) is -2.25. The van der Waals surface area contributed by atoms with Crippen LogP contribution >= 0.6 is 20.2 Å². The molecular weight excluding hydrogens is 459 g/mol. The number of thioether (sulfide) groups is 1. The van der Waals surface area contributed by atoms with Crippen LogP contribution in [0.1, 0.15) is 124 Å². The molecule has 196 valence electrons. The Labute approximate surface area is 208 Å². The van der Waals surface area contributed by atoms with Crippen molar-refractivity contribution in [2.75, 3.05) is 12.4 Å². The highest BCUT2D eigenvalue weighted by Crippen LogP contribution is 2.31. The highest BCUT2D eigenvalue weighted by atomic mass is 32.2. The largest absolute Gasteiger partial charge is 0.497 e. The quantitative estimate of drug-likeness (QED) is 0.0437. The van der Waals surface area contributed by atoms with Gasteiger partial charge in [-0.1, -0.05) is 102 Å². The summed E-state index contributed by atoms with van der Waals surface area (Å²) in [7, 11) is -1.32. The number of ether oxygens (including phenoxy) is 1. The Balaban J connectivity index is 4.61. The van der Waals surface area contributed by atoms with Gasteiger partial charge in [-0.2, -0.15) is 11.8 Å². The van der Waals surface area contributed by atoms with Crippen molar-refractivity contribution >= 4 is 26.2 Å². The number of aliphatic carboxylic acids is 1. The number of unbranched alkanes of at least 4 members (excludes halogenated alkanes) is 11. The molecule has 0 aliphatic rings. The van der Waals surface area contributed by atoms with E-state index >= 15 is 0 Å². The number of hydrogen-bond acceptors (Lipinski definition) is 6. The lowest BCUT2D eigenvalue weighted by molar-refractivity contribution is -0.402. The van der Waals surface area contributed by atoms with Crippen molar-refractivity contribution in [3.05, 3.63) is 0 Å². The maximum atomic E-state index is 11.6. The molecule has 0 aromatic heterocycles. The van der Waals surface area contributed by atoms with Crippen molar-refractivity contribution in [2.45, 2.75) is 141 Å². The summed E-state index contributed by atoms with van der Waals surface area (Å²) in [6.07, 6.45) is 17.6. The molecule has 0 aliphatic heterocycles. The van der Waals surface area contributed by atoms with E-state index in [-0.39, 0.29) is 18.0 Å². The first-order chi connectivity index (χ1) is 16.0. The predicted molar refractivity (Wildman–Crippen MR) is 139 cm³/mol. The van der Waals surface area contributed by atoms with Gasteiger partial charge in [0.25, 0.3) is 0 Å². The molecule has 4 atom stereocenters. The molecule has 0 saturated heterocycles. The molecule has 6 nitrogen and oxygen atoms in total. The van der Waals surface area contributed by atoms with E-state index in [4.69, 9.17) is 14.5 Å². The molecule has 1 N–H and O–H groups in total. The molecule has 0 heterocycles. The van der Waals surface area contributed by atoms with Gasteiger partial charge in [0, 0.05) is 5.25 Å². The summed E-state index contributed by atoms with van der Waals surface area (Å²) in [5, 5.41) is 9.69. The Bertz CT molecular complexity index is 482. The van der Waals surface area contributed by atoms with Gasteiger partial charge in [0.15, 0.2) is 0 Å².